The zero-order valence-corrected chi connectivity index (χ0v) is 13.0. The maximum Gasteiger partial charge on any atom is 0.139 e. The number of fused-ring (bicyclic) bond motifs is 5. The van der Waals surface area contributed by atoms with Crippen LogP contribution >= 0.6 is 0 Å². The second-order valence-electron chi connectivity index (χ2n) is 8.49. The van der Waals surface area contributed by atoms with E-state index in [4.69, 9.17) is 0 Å². The predicted molar refractivity (Wildman–Crippen MR) is 81.3 cm³/mol. The lowest BCUT2D eigenvalue weighted by atomic mass is 9.46. The number of carbonyl (C=O) groups excluding carboxylic acids is 1. The minimum atomic E-state index is 0.0505. The SMILES string of the molecule is C[C@]12CC=CC[C@@H]1CC[C@H]1[C@H]2CC[C@]2(C)C(=O)CC[C@H]12. The minimum Gasteiger partial charge on any atom is -0.299 e. The molecule has 0 aromatic rings. The van der Waals surface area contributed by atoms with Crippen molar-refractivity contribution in [2.24, 2.45) is 34.5 Å². The van der Waals surface area contributed by atoms with Crippen LogP contribution in [0.5, 0.6) is 0 Å². The number of hydrogen-bond acceptors (Lipinski definition) is 1. The summed E-state index contributed by atoms with van der Waals surface area (Å²) in [6.45, 7) is 4.86. The number of carbonyl (C=O) groups is 1. The van der Waals surface area contributed by atoms with E-state index in [-0.39, 0.29) is 5.41 Å². The third kappa shape index (κ3) is 1.53. The van der Waals surface area contributed by atoms with E-state index >= 15 is 0 Å². The topological polar surface area (TPSA) is 17.1 Å². The number of Topliss-reactive ketones (excluding diaryl/α,β-unsaturated/α-hetero) is 1. The summed E-state index contributed by atoms with van der Waals surface area (Å²) in [7, 11) is 0. The molecular weight excluding hydrogens is 244 g/mol. The largest absolute Gasteiger partial charge is 0.299 e. The van der Waals surface area contributed by atoms with Gasteiger partial charge < -0.3 is 0 Å². The third-order valence-electron chi connectivity index (χ3n) is 7.92. The lowest BCUT2D eigenvalue weighted by Gasteiger charge is -2.58. The molecule has 4 rings (SSSR count). The summed E-state index contributed by atoms with van der Waals surface area (Å²) in [4.78, 5) is 12.4. The van der Waals surface area contributed by atoms with Crippen molar-refractivity contribution in [2.45, 2.75) is 65.2 Å². The Hall–Kier alpha value is -0.590. The summed E-state index contributed by atoms with van der Waals surface area (Å²) < 4.78 is 0. The van der Waals surface area contributed by atoms with E-state index < -0.39 is 0 Å². The summed E-state index contributed by atoms with van der Waals surface area (Å²) in [5.41, 5.74) is 0.583. The zero-order chi connectivity index (χ0) is 14.0. The van der Waals surface area contributed by atoms with Crippen LogP contribution in [0.4, 0.5) is 0 Å². The van der Waals surface area contributed by atoms with Crippen LogP contribution in [0.3, 0.4) is 0 Å². The first kappa shape index (κ1) is 13.1. The molecule has 0 bridgehead atoms. The van der Waals surface area contributed by atoms with Crippen LogP contribution in [0.2, 0.25) is 0 Å². The van der Waals surface area contributed by atoms with Crippen LogP contribution in [0.1, 0.15) is 65.2 Å². The molecule has 0 aliphatic heterocycles. The molecule has 3 fully saturated rings. The Balaban J connectivity index is 1.68. The van der Waals surface area contributed by atoms with Gasteiger partial charge in [0.1, 0.15) is 5.78 Å². The van der Waals surface area contributed by atoms with Gasteiger partial charge in [0.05, 0.1) is 0 Å². The molecule has 0 unspecified atom stereocenters. The molecule has 0 heterocycles. The van der Waals surface area contributed by atoms with E-state index in [9.17, 15) is 4.79 Å². The van der Waals surface area contributed by atoms with Crippen LogP contribution in [0.15, 0.2) is 12.2 Å². The Morgan fingerprint density at radius 3 is 2.75 bits per heavy atom. The summed E-state index contributed by atoms with van der Waals surface area (Å²) >= 11 is 0. The van der Waals surface area contributed by atoms with Gasteiger partial charge in [-0.15, -0.1) is 0 Å². The molecule has 0 saturated heterocycles. The van der Waals surface area contributed by atoms with Gasteiger partial charge in [-0.2, -0.15) is 0 Å². The number of ketones is 1. The second-order valence-corrected chi connectivity index (χ2v) is 8.49. The highest BCUT2D eigenvalue weighted by Crippen LogP contribution is 2.64. The first-order chi connectivity index (χ1) is 9.56. The molecule has 6 atom stereocenters. The van der Waals surface area contributed by atoms with Gasteiger partial charge in [0.2, 0.25) is 0 Å². The Kier molecular flexibility index (Phi) is 2.76. The number of rotatable bonds is 0. The van der Waals surface area contributed by atoms with Crippen molar-refractivity contribution < 1.29 is 4.79 Å². The lowest BCUT2D eigenvalue weighted by molar-refractivity contribution is -0.136. The van der Waals surface area contributed by atoms with Crippen LogP contribution in [-0.4, -0.2) is 5.78 Å². The smallest absolute Gasteiger partial charge is 0.139 e. The Labute approximate surface area is 123 Å². The fourth-order valence-electron chi connectivity index (χ4n) is 6.61. The molecule has 4 aliphatic carbocycles. The van der Waals surface area contributed by atoms with Gasteiger partial charge >= 0.3 is 0 Å². The Bertz CT molecular complexity index is 464. The van der Waals surface area contributed by atoms with Gasteiger partial charge in [-0.3, -0.25) is 4.79 Å². The van der Waals surface area contributed by atoms with Crippen molar-refractivity contribution in [3.05, 3.63) is 12.2 Å². The first-order valence-corrected chi connectivity index (χ1v) is 8.74. The molecule has 0 spiro atoms. The molecule has 0 aromatic heterocycles. The average molecular weight is 272 g/mol. The molecule has 0 N–H and O–H groups in total. The van der Waals surface area contributed by atoms with Crippen molar-refractivity contribution in [1.82, 2.24) is 0 Å². The van der Waals surface area contributed by atoms with Crippen molar-refractivity contribution in [1.29, 1.82) is 0 Å². The van der Waals surface area contributed by atoms with Gasteiger partial charge in [-0.05, 0) is 74.0 Å². The highest BCUT2D eigenvalue weighted by Gasteiger charge is 2.59. The molecule has 0 radical (unpaired) electrons. The quantitative estimate of drug-likeness (QED) is 0.581. The summed E-state index contributed by atoms with van der Waals surface area (Å²) in [5.74, 6) is 3.92. The van der Waals surface area contributed by atoms with Crippen LogP contribution < -0.4 is 0 Å². The van der Waals surface area contributed by atoms with Gasteiger partial charge in [0, 0.05) is 11.8 Å². The Morgan fingerprint density at radius 2 is 1.90 bits per heavy atom. The van der Waals surface area contributed by atoms with E-state index in [2.05, 4.69) is 26.0 Å². The fraction of sp³-hybridized carbons (Fsp3) is 0.842. The molecule has 110 valence electrons. The molecular formula is C19H28O. The van der Waals surface area contributed by atoms with Gasteiger partial charge in [0.25, 0.3) is 0 Å². The maximum atomic E-state index is 12.4. The van der Waals surface area contributed by atoms with Crippen molar-refractivity contribution >= 4 is 5.78 Å². The van der Waals surface area contributed by atoms with Crippen LogP contribution in [0.25, 0.3) is 0 Å². The van der Waals surface area contributed by atoms with E-state index in [1.54, 1.807) is 0 Å². The predicted octanol–water partition coefficient (Wildman–Crippen LogP) is 4.76. The minimum absolute atomic E-state index is 0.0505. The van der Waals surface area contributed by atoms with Crippen LogP contribution in [0, 0.1) is 34.5 Å². The molecule has 1 heteroatoms. The monoisotopic (exact) mass is 272 g/mol. The molecule has 0 aromatic carbocycles. The maximum absolute atomic E-state index is 12.4. The lowest BCUT2D eigenvalue weighted by Crippen LogP contribution is -2.52. The molecule has 1 nitrogen and oxygen atoms in total. The number of hydrogen-bond donors (Lipinski definition) is 0. The zero-order valence-electron chi connectivity index (χ0n) is 13.0. The number of allylic oxidation sites excluding steroid dienone is 2. The van der Waals surface area contributed by atoms with Crippen molar-refractivity contribution in [3.8, 4) is 0 Å². The average Bonchev–Trinajstić information content (AvgIpc) is 2.74. The highest BCUT2D eigenvalue weighted by atomic mass is 16.1. The van der Waals surface area contributed by atoms with Crippen molar-refractivity contribution in [2.75, 3.05) is 0 Å². The first-order valence-electron chi connectivity index (χ1n) is 8.74. The highest BCUT2D eigenvalue weighted by molar-refractivity contribution is 5.87. The van der Waals surface area contributed by atoms with E-state index in [0.29, 0.717) is 17.1 Å². The van der Waals surface area contributed by atoms with E-state index in [1.807, 2.05) is 0 Å². The molecule has 3 saturated carbocycles. The molecule has 20 heavy (non-hydrogen) atoms. The van der Waals surface area contributed by atoms with E-state index in [1.165, 1.54) is 44.9 Å². The van der Waals surface area contributed by atoms with E-state index in [0.717, 1.165) is 24.2 Å². The van der Waals surface area contributed by atoms with Crippen LogP contribution in [-0.2, 0) is 4.79 Å². The second kappa shape index (κ2) is 4.21. The normalized spacial score (nSPS) is 54.2. The van der Waals surface area contributed by atoms with Gasteiger partial charge in [-0.25, -0.2) is 0 Å². The standard InChI is InChI=1S/C19H28O/c1-18-11-4-3-5-13(18)6-7-14-15-8-9-17(20)19(15,2)12-10-16(14)18/h3-4,13-16H,5-12H2,1-2H3/t13-,14-,15-,16-,18+,19+/m1/s1. The summed E-state index contributed by atoms with van der Waals surface area (Å²) in [5, 5.41) is 0. The van der Waals surface area contributed by atoms with Gasteiger partial charge in [-0.1, -0.05) is 26.0 Å². The van der Waals surface area contributed by atoms with Gasteiger partial charge in [0.15, 0.2) is 0 Å². The van der Waals surface area contributed by atoms with Crippen molar-refractivity contribution in [3.63, 3.8) is 0 Å². The summed E-state index contributed by atoms with van der Waals surface area (Å²) in [6, 6.07) is 0. The molecule has 4 aliphatic rings. The third-order valence-corrected chi connectivity index (χ3v) is 7.92. The molecule has 0 amide bonds. The Morgan fingerprint density at radius 1 is 1.05 bits per heavy atom. The summed E-state index contributed by atoms with van der Waals surface area (Å²) in [6.07, 6.45) is 14.8. The fourth-order valence-corrected chi connectivity index (χ4v) is 6.61.